The van der Waals surface area contributed by atoms with Crippen LogP contribution in [0.1, 0.15) is 42.9 Å². The average Bonchev–Trinajstić information content (AvgIpc) is 2.97. The lowest BCUT2D eigenvalue weighted by molar-refractivity contribution is -0.168. The van der Waals surface area contributed by atoms with Gasteiger partial charge in [-0.05, 0) is 41.7 Å². The fraction of sp³-hybridized carbons (Fsp3) is 0.323. The Morgan fingerprint density at radius 1 is 0.744 bits per heavy atom. The number of nitrogens with two attached hydrogens (primary N) is 1. The second kappa shape index (κ2) is 15.9. The van der Waals surface area contributed by atoms with E-state index in [1.54, 1.807) is 24.3 Å². The normalized spacial score (nSPS) is 11.5. The van der Waals surface area contributed by atoms with E-state index >= 15 is 0 Å². The van der Waals surface area contributed by atoms with Crippen molar-refractivity contribution < 1.29 is 28.6 Å². The number of rotatable bonds is 15. The van der Waals surface area contributed by atoms with Crippen LogP contribution in [0.3, 0.4) is 0 Å². The van der Waals surface area contributed by atoms with Crippen LogP contribution in [0.25, 0.3) is 0 Å². The minimum Gasteiger partial charge on any atom is -0.467 e. The maximum Gasteiger partial charge on any atom is 0.359 e. The molecule has 0 radical (unpaired) electrons. The maximum absolute atomic E-state index is 12.9. The van der Waals surface area contributed by atoms with Crippen LogP contribution in [0.15, 0.2) is 84.9 Å². The third-order valence-electron chi connectivity index (χ3n) is 5.93. The van der Waals surface area contributed by atoms with Crippen molar-refractivity contribution in [3.8, 4) is 5.75 Å². The van der Waals surface area contributed by atoms with Gasteiger partial charge in [-0.3, -0.25) is 4.79 Å². The van der Waals surface area contributed by atoms with Crippen LogP contribution in [-0.2, 0) is 43.5 Å². The van der Waals surface area contributed by atoms with Gasteiger partial charge in [0.1, 0.15) is 19.0 Å². The molecule has 1 unspecified atom stereocenters. The van der Waals surface area contributed by atoms with E-state index in [-0.39, 0.29) is 24.9 Å². The van der Waals surface area contributed by atoms with E-state index in [4.69, 9.17) is 19.9 Å². The van der Waals surface area contributed by atoms with Crippen molar-refractivity contribution in [2.24, 2.45) is 5.73 Å². The highest BCUT2D eigenvalue weighted by molar-refractivity contribution is 5.98. The van der Waals surface area contributed by atoms with Gasteiger partial charge in [-0.15, -0.1) is 0 Å². The fourth-order valence-electron chi connectivity index (χ4n) is 3.71. The Labute approximate surface area is 229 Å². The summed E-state index contributed by atoms with van der Waals surface area (Å²) in [6, 6.07) is 24.3. The van der Waals surface area contributed by atoms with Crippen LogP contribution in [0.4, 0.5) is 0 Å². The van der Waals surface area contributed by atoms with E-state index in [1.165, 1.54) is 0 Å². The van der Waals surface area contributed by atoms with Crippen molar-refractivity contribution in [1.82, 2.24) is 5.32 Å². The molecule has 0 aliphatic rings. The first kappa shape index (κ1) is 29.4. The quantitative estimate of drug-likeness (QED) is 0.172. The average molecular weight is 533 g/mol. The van der Waals surface area contributed by atoms with Crippen molar-refractivity contribution in [2.75, 3.05) is 6.54 Å². The molecule has 39 heavy (non-hydrogen) atoms. The zero-order valence-electron chi connectivity index (χ0n) is 22.2. The first-order valence-electron chi connectivity index (χ1n) is 13.2. The third-order valence-corrected chi connectivity index (χ3v) is 5.93. The summed E-state index contributed by atoms with van der Waals surface area (Å²) < 4.78 is 16.5. The van der Waals surface area contributed by atoms with Gasteiger partial charge < -0.3 is 25.3 Å². The smallest absolute Gasteiger partial charge is 0.359 e. The predicted octanol–water partition coefficient (Wildman–Crippen LogP) is 4.10. The third kappa shape index (κ3) is 10.2. The molecular formula is C31H36N2O6. The van der Waals surface area contributed by atoms with E-state index in [9.17, 15) is 14.4 Å². The molecule has 0 aromatic heterocycles. The zero-order valence-corrected chi connectivity index (χ0v) is 22.2. The molecule has 0 heterocycles. The summed E-state index contributed by atoms with van der Waals surface area (Å²) >= 11 is 0. The van der Waals surface area contributed by atoms with E-state index < -0.39 is 24.1 Å². The molecule has 0 bridgehead atoms. The second-order valence-electron chi connectivity index (χ2n) is 9.14. The number of hydrogen-bond donors (Lipinski definition) is 2. The lowest BCUT2D eigenvalue weighted by atomic mass is 10.1. The molecule has 3 aromatic rings. The Hall–Kier alpha value is -4.17. The van der Waals surface area contributed by atoms with Crippen molar-refractivity contribution in [1.29, 1.82) is 0 Å². The van der Waals surface area contributed by atoms with Crippen molar-refractivity contribution in [3.63, 3.8) is 0 Å². The lowest BCUT2D eigenvalue weighted by Gasteiger charge is -2.18. The van der Waals surface area contributed by atoms with Gasteiger partial charge in [-0.2, -0.15) is 0 Å². The Bertz CT molecular complexity index is 1110. The number of amides is 1. The number of benzene rings is 3. The van der Waals surface area contributed by atoms with E-state index in [0.29, 0.717) is 13.0 Å². The summed E-state index contributed by atoms with van der Waals surface area (Å²) in [4.78, 5) is 38.0. The molecule has 3 N–H and O–H groups in total. The molecule has 0 fully saturated rings. The molecule has 8 heteroatoms. The number of nitrogens with one attached hydrogen (secondary N) is 1. The van der Waals surface area contributed by atoms with Crippen LogP contribution < -0.4 is 15.8 Å². The summed E-state index contributed by atoms with van der Waals surface area (Å²) in [6.45, 7) is 2.69. The summed E-state index contributed by atoms with van der Waals surface area (Å²) in [5.41, 5.74) is 8.42. The zero-order chi connectivity index (χ0) is 27.9. The highest BCUT2D eigenvalue weighted by Gasteiger charge is 2.32. The minimum absolute atomic E-state index is 0.0111. The number of unbranched alkanes of at least 4 members (excludes halogenated alkanes) is 2. The van der Waals surface area contributed by atoms with Crippen molar-refractivity contribution in [3.05, 3.63) is 102 Å². The Morgan fingerprint density at radius 2 is 1.28 bits per heavy atom. The SMILES string of the molecule is CCCCCNC(=O)C(N)Cc1ccc(OC(C(=O)OCc2ccccc2)C(=O)OCc2ccccc2)cc1. The first-order valence-corrected chi connectivity index (χ1v) is 13.2. The van der Waals surface area contributed by atoms with Gasteiger partial charge in [0.15, 0.2) is 0 Å². The van der Waals surface area contributed by atoms with Crippen molar-refractivity contribution in [2.45, 2.75) is 58.0 Å². The number of esters is 2. The molecule has 1 atom stereocenters. The molecule has 1 amide bonds. The summed E-state index contributed by atoms with van der Waals surface area (Å²) in [7, 11) is 0. The number of carbonyl (C=O) groups is 3. The first-order chi connectivity index (χ1) is 19.0. The molecule has 0 saturated carbocycles. The molecule has 206 valence electrons. The van der Waals surface area contributed by atoms with Gasteiger partial charge in [0.2, 0.25) is 5.91 Å². The summed E-state index contributed by atoms with van der Waals surface area (Å²) in [6.07, 6.45) is 1.77. The molecular weight excluding hydrogens is 496 g/mol. The van der Waals surface area contributed by atoms with Gasteiger partial charge in [-0.1, -0.05) is 92.6 Å². The van der Waals surface area contributed by atoms with E-state index in [1.807, 2.05) is 60.7 Å². The molecule has 0 aliphatic carbocycles. The summed E-state index contributed by atoms with van der Waals surface area (Å²) in [5.74, 6) is -1.64. The van der Waals surface area contributed by atoms with Gasteiger partial charge >= 0.3 is 11.9 Å². The minimum atomic E-state index is -1.61. The molecule has 0 aliphatic heterocycles. The highest BCUT2D eigenvalue weighted by Crippen LogP contribution is 2.17. The van der Waals surface area contributed by atoms with Gasteiger partial charge in [-0.25, -0.2) is 9.59 Å². The Kier molecular flexibility index (Phi) is 12.0. The summed E-state index contributed by atoms with van der Waals surface area (Å²) in [5, 5.41) is 2.86. The number of ether oxygens (including phenoxy) is 3. The predicted molar refractivity (Wildman–Crippen MR) is 148 cm³/mol. The van der Waals surface area contributed by atoms with Crippen LogP contribution in [0, 0.1) is 0 Å². The van der Waals surface area contributed by atoms with Crippen LogP contribution in [-0.4, -0.2) is 36.5 Å². The van der Waals surface area contributed by atoms with Crippen LogP contribution in [0.5, 0.6) is 5.75 Å². The molecule has 0 spiro atoms. The number of hydrogen-bond acceptors (Lipinski definition) is 7. The fourth-order valence-corrected chi connectivity index (χ4v) is 3.71. The largest absolute Gasteiger partial charge is 0.467 e. The van der Waals surface area contributed by atoms with E-state index in [2.05, 4.69) is 12.2 Å². The molecule has 3 aromatic carbocycles. The van der Waals surface area contributed by atoms with Crippen molar-refractivity contribution >= 4 is 17.8 Å². The van der Waals surface area contributed by atoms with Gasteiger partial charge in [0.25, 0.3) is 6.10 Å². The Balaban J connectivity index is 1.61. The number of carbonyl (C=O) groups excluding carboxylic acids is 3. The molecule has 8 nitrogen and oxygen atoms in total. The van der Waals surface area contributed by atoms with Gasteiger partial charge in [0.05, 0.1) is 6.04 Å². The van der Waals surface area contributed by atoms with E-state index in [0.717, 1.165) is 36.0 Å². The van der Waals surface area contributed by atoms with Gasteiger partial charge in [0, 0.05) is 6.54 Å². The standard InChI is InChI=1S/C31H36N2O6/c1-2-3-10-19-33-29(34)27(32)20-23-15-17-26(18-16-23)39-28(30(35)37-21-24-11-6-4-7-12-24)31(36)38-22-25-13-8-5-9-14-25/h4-9,11-18,27-28H,2-3,10,19-22,32H2,1H3,(H,33,34). The van der Waals surface area contributed by atoms with Crippen LogP contribution >= 0.6 is 0 Å². The van der Waals surface area contributed by atoms with Crippen LogP contribution in [0.2, 0.25) is 0 Å². The lowest BCUT2D eigenvalue weighted by Crippen LogP contribution is -2.42. The molecule has 3 rings (SSSR count). The maximum atomic E-state index is 12.9. The Morgan fingerprint density at radius 3 is 1.79 bits per heavy atom. The molecule has 0 saturated heterocycles. The topological polar surface area (TPSA) is 117 Å². The highest BCUT2D eigenvalue weighted by atomic mass is 16.6. The monoisotopic (exact) mass is 532 g/mol. The second-order valence-corrected chi connectivity index (χ2v) is 9.14.